The van der Waals surface area contributed by atoms with Gasteiger partial charge in [0.05, 0.1) is 0 Å². The van der Waals surface area contributed by atoms with Crippen molar-refractivity contribution in [3.63, 3.8) is 0 Å². The van der Waals surface area contributed by atoms with Gasteiger partial charge in [0.25, 0.3) is 0 Å². The van der Waals surface area contributed by atoms with Crippen LogP contribution in [-0.4, -0.2) is 0 Å². The molecule has 0 aliphatic rings. The Morgan fingerprint density at radius 3 is 0.750 bits per heavy atom. The zero-order valence-corrected chi connectivity index (χ0v) is 8.17. The SMILES string of the molecule is [Au+3].[Nb+5].[Nb+5].[O-2]. The van der Waals surface area contributed by atoms with E-state index in [0.717, 1.165) is 0 Å². The second-order valence-corrected chi connectivity index (χ2v) is 0. The van der Waals surface area contributed by atoms with Crippen LogP contribution in [0.3, 0.4) is 0 Å². The monoisotopic (exact) mass is 399 g/mol. The molecule has 0 heterocycles. The van der Waals surface area contributed by atoms with Crippen LogP contribution >= 0.6 is 0 Å². The van der Waals surface area contributed by atoms with Crippen molar-refractivity contribution in [3.05, 3.63) is 0 Å². The van der Waals surface area contributed by atoms with Gasteiger partial charge in [0.2, 0.25) is 0 Å². The van der Waals surface area contributed by atoms with E-state index in [-0.39, 0.29) is 72.6 Å². The summed E-state index contributed by atoms with van der Waals surface area (Å²) in [5.74, 6) is 0. The van der Waals surface area contributed by atoms with Gasteiger partial charge in [0.15, 0.2) is 0 Å². The first-order valence-electron chi connectivity index (χ1n) is 0. The molecule has 0 aliphatic heterocycles. The van der Waals surface area contributed by atoms with Crippen LogP contribution in [0, 0.1) is 0 Å². The summed E-state index contributed by atoms with van der Waals surface area (Å²) in [6.45, 7) is 0. The average Bonchev–Trinajstić information content (AvgIpc) is 0. The van der Waals surface area contributed by atoms with Crippen molar-refractivity contribution in [2.75, 3.05) is 0 Å². The van der Waals surface area contributed by atoms with Gasteiger partial charge in [-0.25, -0.2) is 0 Å². The quantitative estimate of drug-likeness (QED) is 0.509. The van der Waals surface area contributed by atoms with Gasteiger partial charge in [-0.05, 0) is 0 Å². The summed E-state index contributed by atoms with van der Waals surface area (Å²) in [5.41, 5.74) is 0. The number of rotatable bonds is 0. The molecule has 16 valence electrons. The van der Waals surface area contributed by atoms with E-state index in [4.69, 9.17) is 0 Å². The third kappa shape index (κ3) is 8.89. The smallest absolute Gasteiger partial charge is 2.00 e. The first-order chi connectivity index (χ1) is 0. The van der Waals surface area contributed by atoms with E-state index < -0.39 is 0 Å². The maximum absolute atomic E-state index is 0. The Balaban J connectivity index is 0. The fourth-order valence-corrected chi connectivity index (χ4v) is 0. The van der Waals surface area contributed by atoms with E-state index in [1.54, 1.807) is 0 Å². The number of hydrogen-bond acceptors (Lipinski definition) is 0. The topological polar surface area (TPSA) is 28.5 Å². The van der Waals surface area contributed by atoms with Crippen molar-refractivity contribution in [2.45, 2.75) is 0 Å². The van der Waals surface area contributed by atoms with Crippen LogP contribution in [0.4, 0.5) is 0 Å². The maximum Gasteiger partial charge on any atom is 5.00 e. The molecule has 0 atom stereocenters. The Bertz CT molecular complexity index is 6.00. The van der Waals surface area contributed by atoms with Gasteiger partial charge in [-0.3, -0.25) is 0 Å². The minimum Gasteiger partial charge on any atom is -2.00 e. The molecule has 4 heteroatoms. The summed E-state index contributed by atoms with van der Waals surface area (Å²) in [7, 11) is 0. The van der Waals surface area contributed by atoms with Crippen LogP contribution < -0.4 is 0 Å². The molecule has 0 amide bonds. The van der Waals surface area contributed by atoms with E-state index in [0.29, 0.717) is 0 Å². The van der Waals surface area contributed by atoms with Crippen molar-refractivity contribution >= 4 is 0 Å². The van der Waals surface area contributed by atoms with Crippen molar-refractivity contribution in [2.24, 2.45) is 0 Å². The van der Waals surface area contributed by atoms with Crippen LogP contribution in [0.2, 0.25) is 0 Å². The molecule has 0 unspecified atom stereocenters. The molecule has 0 fully saturated rings. The van der Waals surface area contributed by atoms with Crippen LogP contribution in [0.5, 0.6) is 0 Å². The molecule has 0 aromatic heterocycles. The molecule has 0 saturated carbocycles. The fourth-order valence-electron chi connectivity index (χ4n) is 0. The van der Waals surface area contributed by atoms with Crippen molar-refractivity contribution in [1.82, 2.24) is 0 Å². The molecule has 0 aromatic carbocycles. The van der Waals surface area contributed by atoms with E-state index in [9.17, 15) is 0 Å². The van der Waals surface area contributed by atoms with Gasteiger partial charge < -0.3 is 5.48 Å². The van der Waals surface area contributed by atoms with Crippen molar-refractivity contribution in [1.29, 1.82) is 0 Å². The van der Waals surface area contributed by atoms with Gasteiger partial charge in [0, 0.05) is 0 Å². The predicted molar refractivity (Wildman–Crippen MR) is 0.686 cm³/mol. The first-order valence-corrected chi connectivity index (χ1v) is 0. The molecular formula is AuNb2O+11. The van der Waals surface area contributed by atoms with Gasteiger partial charge in [-0.2, -0.15) is 0 Å². The zero-order chi connectivity index (χ0) is 0. The van der Waals surface area contributed by atoms with E-state index in [1.165, 1.54) is 0 Å². The van der Waals surface area contributed by atoms with Crippen molar-refractivity contribution < 1.29 is 72.6 Å². The summed E-state index contributed by atoms with van der Waals surface area (Å²) in [5, 5.41) is 0. The van der Waals surface area contributed by atoms with Gasteiger partial charge in [-0.15, -0.1) is 0 Å². The zero-order valence-electron chi connectivity index (χ0n) is 1.60. The summed E-state index contributed by atoms with van der Waals surface area (Å²) in [6, 6.07) is 0. The summed E-state index contributed by atoms with van der Waals surface area (Å²) < 4.78 is 0. The van der Waals surface area contributed by atoms with E-state index >= 15 is 0 Å². The van der Waals surface area contributed by atoms with E-state index in [2.05, 4.69) is 0 Å². The van der Waals surface area contributed by atoms with E-state index in [1.807, 2.05) is 0 Å². The molecule has 1 nitrogen and oxygen atoms in total. The molecule has 0 rings (SSSR count). The molecule has 0 N–H and O–H groups in total. The first kappa shape index (κ1) is 34.9. The Morgan fingerprint density at radius 2 is 0.750 bits per heavy atom. The minimum atomic E-state index is 0. The van der Waals surface area contributed by atoms with Crippen LogP contribution in [0.25, 0.3) is 0 Å². The Kier molecular flexibility index (Phi) is 166. The molecule has 0 saturated heterocycles. The second-order valence-electron chi connectivity index (χ2n) is 0. The second kappa shape index (κ2) is 19.0. The average molecular weight is 399 g/mol. The molecule has 0 aliphatic carbocycles. The Morgan fingerprint density at radius 1 is 0.750 bits per heavy atom. The molecular weight excluding hydrogens is 399 g/mol. The Hall–Kier alpha value is 2.18. The maximum atomic E-state index is 0. The molecule has 0 spiro atoms. The van der Waals surface area contributed by atoms with Crippen molar-refractivity contribution in [3.8, 4) is 0 Å². The largest absolute Gasteiger partial charge is 5.00 e. The Labute approximate surface area is 71.7 Å². The third-order valence-corrected chi connectivity index (χ3v) is 0. The van der Waals surface area contributed by atoms with Gasteiger partial charge >= 0.3 is 67.1 Å². The minimum absolute atomic E-state index is 0. The molecule has 0 radical (unpaired) electrons. The molecule has 0 aromatic rings. The van der Waals surface area contributed by atoms with Crippen LogP contribution in [0.15, 0.2) is 0 Å². The predicted octanol–water partition coefficient (Wildman–Crippen LogP) is -0.126. The molecule has 0 bridgehead atoms. The molecule has 4 heavy (non-hydrogen) atoms. The number of hydrogen-bond donors (Lipinski definition) is 0. The van der Waals surface area contributed by atoms with Crippen LogP contribution in [0.1, 0.15) is 0 Å². The van der Waals surface area contributed by atoms with Crippen LogP contribution in [-0.2, 0) is 72.6 Å². The summed E-state index contributed by atoms with van der Waals surface area (Å²) in [4.78, 5) is 0. The third-order valence-electron chi connectivity index (χ3n) is 0. The van der Waals surface area contributed by atoms with Gasteiger partial charge in [-0.1, -0.05) is 0 Å². The standard InChI is InChI=1S/Au.2Nb.O/q+3;2*+5;-2. The fraction of sp³-hybridized carbons (Fsp3) is 0. The summed E-state index contributed by atoms with van der Waals surface area (Å²) >= 11 is 0. The summed E-state index contributed by atoms with van der Waals surface area (Å²) in [6.07, 6.45) is 0. The normalized spacial score (nSPS) is 0. The van der Waals surface area contributed by atoms with Gasteiger partial charge in [0.1, 0.15) is 0 Å².